The van der Waals surface area contributed by atoms with Gasteiger partial charge in [-0.25, -0.2) is 4.79 Å². The molecule has 1 fully saturated rings. The summed E-state index contributed by atoms with van der Waals surface area (Å²) in [5.74, 6) is -1.46. The number of aryl methyl sites for hydroxylation is 3. The number of benzene rings is 1. The molecule has 0 radical (unpaired) electrons. The summed E-state index contributed by atoms with van der Waals surface area (Å²) in [6.07, 6.45) is 0.419. The number of hydrogen-bond acceptors (Lipinski definition) is 4. The Kier molecular flexibility index (Phi) is 9.88. The van der Waals surface area contributed by atoms with E-state index in [-0.39, 0.29) is 26.7 Å². The van der Waals surface area contributed by atoms with Crippen LogP contribution in [0.5, 0.6) is 0 Å². The van der Waals surface area contributed by atoms with Crippen LogP contribution >= 0.6 is 8.58 Å². The van der Waals surface area contributed by atoms with Crippen molar-refractivity contribution in [2.45, 2.75) is 80.3 Å². The van der Waals surface area contributed by atoms with Crippen molar-refractivity contribution >= 4 is 31.7 Å². The molecule has 1 heterocycles. The number of hydrogen-bond donors (Lipinski definition) is 0. The Morgan fingerprint density at radius 2 is 1.52 bits per heavy atom. The summed E-state index contributed by atoms with van der Waals surface area (Å²) in [5.41, 5.74) is 4.34. The average molecular weight is 396 g/mol. The quantitative estimate of drug-likeness (QED) is 0.570. The lowest BCUT2D eigenvalue weighted by Gasteiger charge is -2.15. The maximum atomic E-state index is 10.9. The highest BCUT2D eigenvalue weighted by Gasteiger charge is 2.32. The molecule has 1 atom stereocenters. The molecule has 0 spiro atoms. The summed E-state index contributed by atoms with van der Waals surface area (Å²) in [5, 5.41) is 2.62. The van der Waals surface area contributed by atoms with Crippen LogP contribution in [-0.2, 0) is 19.2 Å². The predicted octanol–water partition coefficient (Wildman–Crippen LogP) is 4.09. The molecule has 2 amide bonds. The number of hydroxylamine groups is 2. The molecule has 1 aliphatic rings. The minimum Gasteiger partial charge on any atom is -0.330 e. The van der Waals surface area contributed by atoms with Crippen LogP contribution in [0.1, 0.15) is 71.1 Å². The number of carbonyl (C=O) groups is 3. The van der Waals surface area contributed by atoms with Crippen molar-refractivity contribution in [3.05, 3.63) is 28.8 Å². The molecule has 5 nitrogen and oxygen atoms in total. The highest BCUT2D eigenvalue weighted by atomic mass is 31.1. The fourth-order valence-corrected chi connectivity index (χ4v) is 4.16. The van der Waals surface area contributed by atoms with Gasteiger partial charge in [0.15, 0.2) is 0 Å². The molecule has 1 aliphatic heterocycles. The van der Waals surface area contributed by atoms with Crippen LogP contribution in [0.3, 0.4) is 0 Å². The largest absolute Gasteiger partial charge is 0.332 e. The molecule has 0 aromatic heterocycles. The van der Waals surface area contributed by atoms with Crippen molar-refractivity contribution in [2.24, 2.45) is 0 Å². The highest BCUT2D eigenvalue weighted by Crippen LogP contribution is 2.32. The molecular weight excluding hydrogens is 361 g/mol. The first-order chi connectivity index (χ1) is 11.9. The Morgan fingerprint density at radius 3 is 1.89 bits per heavy atom. The van der Waals surface area contributed by atoms with Crippen molar-refractivity contribution in [3.63, 3.8) is 0 Å². The molecular formula is C21H35NO4P+. The van der Waals surface area contributed by atoms with Crippen LogP contribution in [0.4, 0.5) is 0 Å². The minimum absolute atomic E-state index is 0. The van der Waals surface area contributed by atoms with Gasteiger partial charge in [-0.05, 0) is 52.7 Å². The summed E-state index contributed by atoms with van der Waals surface area (Å²) < 4.78 is 0. The monoisotopic (exact) mass is 396 g/mol. The molecule has 152 valence electrons. The Morgan fingerprint density at radius 1 is 1.07 bits per heavy atom. The zero-order valence-electron chi connectivity index (χ0n) is 16.9. The van der Waals surface area contributed by atoms with Gasteiger partial charge in [0.2, 0.25) is 0 Å². The van der Waals surface area contributed by atoms with E-state index in [1.54, 1.807) is 12.2 Å². The first-order valence-electron chi connectivity index (χ1n) is 8.95. The number of imide groups is 1. The third-order valence-corrected chi connectivity index (χ3v) is 5.87. The van der Waals surface area contributed by atoms with E-state index in [9.17, 15) is 14.4 Å². The third kappa shape index (κ3) is 8.21. The zero-order valence-corrected chi connectivity index (χ0v) is 18.1. The van der Waals surface area contributed by atoms with Crippen molar-refractivity contribution in [3.8, 4) is 0 Å². The Bertz CT molecular complexity index is 653. The van der Waals surface area contributed by atoms with Crippen LogP contribution in [0.2, 0.25) is 0 Å². The van der Waals surface area contributed by atoms with E-state index < -0.39 is 17.8 Å². The summed E-state index contributed by atoms with van der Waals surface area (Å²) in [7, 11) is 0.380. The number of nitrogens with zero attached hydrogens (tertiary/aromatic N) is 1. The van der Waals surface area contributed by atoms with E-state index in [0.29, 0.717) is 18.8 Å². The fraction of sp³-hybridized carbons (Fsp3) is 0.571. The topological polar surface area (TPSA) is 63.7 Å². The first-order valence-corrected chi connectivity index (χ1v) is 10.1. The van der Waals surface area contributed by atoms with Gasteiger partial charge < -0.3 is 4.84 Å². The van der Waals surface area contributed by atoms with Gasteiger partial charge in [0.1, 0.15) is 0 Å². The second kappa shape index (κ2) is 10.6. The molecule has 1 aromatic carbocycles. The van der Waals surface area contributed by atoms with Crippen LogP contribution in [-0.4, -0.2) is 28.0 Å². The predicted molar refractivity (Wildman–Crippen MR) is 114 cm³/mol. The number of amides is 2. The number of carbonyl (C=O) groups excluding carboxylic acids is 3. The summed E-state index contributed by atoms with van der Waals surface area (Å²) >= 11 is 0. The van der Waals surface area contributed by atoms with Gasteiger partial charge in [0.25, 0.3) is 11.8 Å². The molecule has 1 saturated heterocycles. The molecule has 0 saturated carbocycles. The third-order valence-electron chi connectivity index (χ3n) is 3.80. The molecule has 1 aromatic rings. The second-order valence-corrected chi connectivity index (χ2v) is 10.3. The zero-order chi connectivity index (χ0) is 20.1. The lowest BCUT2D eigenvalue weighted by molar-refractivity contribution is -0.197. The molecule has 2 rings (SSSR count). The maximum absolute atomic E-state index is 10.9. The Balaban J connectivity index is 0.000000488. The van der Waals surface area contributed by atoms with E-state index in [0.717, 1.165) is 0 Å². The van der Waals surface area contributed by atoms with Crippen molar-refractivity contribution in [1.29, 1.82) is 0 Å². The second-order valence-electron chi connectivity index (χ2n) is 7.72. The SMILES string of the molecule is C.CCC(=O)ON1C(=O)CCC1=O.Cc1cc(C)c([PH2+]C(C)(C)C)c(C)c1. The first kappa shape index (κ1) is 25.3. The van der Waals surface area contributed by atoms with Crippen LogP contribution < -0.4 is 5.30 Å². The lowest BCUT2D eigenvalue weighted by atomic mass is 10.1. The van der Waals surface area contributed by atoms with Gasteiger partial charge >= 0.3 is 5.97 Å². The Hall–Kier alpha value is -1.74. The Labute approximate surface area is 165 Å². The fourth-order valence-electron chi connectivity index (χ4n) is 2.68. The number of rotatable bonds is 3. The van der Waals surface area contributed by atoms with E-state index in [2.05, 4.69) is 58.5 Å². The summed E-state index contributed by atoms with van der Waals surface area (Å²) in [4.78, 5) is 36.9. The smallest absolute Gasteiger partial charge is 0.330 e. The van der Waals surface area contributed by atoms with Crippen LogP contribution in [0.15, 0.2) is 12.1 Å². The van der Waals surface area contributed by atoms with Crippen molar-refractivity contribution < 1.29 is 19.2 Å². The average Bonchev–Trinajstić information content (AvgIpc) is 2.82. The maximum Gasteiger partial charge on any atom is 0.332 e. The molecule has 0 bridgehead atoms. The normalized spacial score (nSPS) is 14.1. The van der Waals surface area contributed by atoms with Gasteiger partial charge in [-0.1, -0.05) is 32.0 Å². The van der Waals surface area contributed by atoms with Gasteiger partial charge in [-0.3, -0.25) is 9.59 Å². The van der Waals surface area contributed by atoms with Gasteiger partial charge in [-0.2, -0.15) is 0 Å². The summed E-state index contributed by atoms with van der Waals surface area (Å²) in [6.45, 7) is 15.3. The summed E-state index contributed by atoms with van der Waals surface area (Å²) in [6, 6.07) is 4.61. The van der Waals surface area contributed by atoms with Crippen LogP contribution in [0, 0.1) is 20.8 Å². The van der Waals surface area contributed by atoms with Gasteiger partial charge in [-0.15, -0.1) is 5.06 Å². The van der Waals surface area contributed by atoms with E-state index >= 15 is 0 Å². The molecule has 6 heteroatoms. The standard InChI is InChI=1S/C13H21P.C7H9NO4.CH4/c1-9-7-10(2)12(11(3)8-9)14-13(4,5)6;1-2-7(11)12-8-5(9)3-4-6(8)10;/h7-8,14H,1-6H3;2-4H2,1H3;1H4/p+1. The van der Waals surface area contributed by atoms with Crippen molar-refractivity contribution in [2.75, 3.05) is 0 Å². The van der Waals surface area contributed by atoms with E-state index in [4.69, 9.17) is 0 Å². The van der Waals surface area contributed by atoms with E-state index in [1.165, 1.54) is 16.7 Å². The molecule has 1 unspecified atom stereocenters. The molecule has 0 N–H and O–H groups in total. The van der Waals surface area contributed by atoms with Crippen molar-refractivity contribution in [1.82, 2.24) is 5.06 Å². The van der Waals surface area contributed by atoms with Gasteiger partial charge in [0, 0.05) is 27.8 Å². The minimum atomic E-state index is -0.571. The molecule has 0 aliphatic carbocycles. The highest BCUT2D eigenvalue weighted by molar-refractivity contribution is 7.49. The van der Waals surface area contributed by atoms with Gasteiger partial charge in [0.05, 0.1) is 10.5 Å². The lowest BCUT2D eigenvalue weighted by Crippen LogP contribution is -2.31. The molecule has 27 heavy (non-hydrogen) atoms. The van der Waals surface area contributed by atoms with Crippen LogP contribution in [0.25, 0.3) is 0 Å². The van der Waals surface area contributed by atoms with E-state index in [1.807, 2.05) is 0 Å².